The average molecular weight is 395 g/mol. The zero-order valence-electron chi connectivity index (χ0n) is 9.25. The molecule has 2 rings (SSSR count). The minimum atomic E-state index is -1.31. The minimum Gasteiger partial charge on any atom is -0.321 e. The predicted octanol–water partition coefficient (Wildman–Crippen LogP) is 3.87. The molecule has 0 aliphatic carbocycles. The zero-order valence-corrected chi connectivity index (χ0v) is 12.2. The van der Waals surface area contributed by atoms with Gasteiger partial charge in [-0.3, -0.25) is 4.79 Å². The lowest BCUT2D eigenvalue weighted by Crippen LogP contribution is -2.15. The van der Waals surface area contributed by atoms with Crippen molar-refractivity contribution in [2.45, 2.75) is 0 Å². The van der Waals surface area contributed by atoms with Crippen LogP contribution in [0.15, 0.2) is 30.5 Å². The predicted molar refractivity (Wildman–Crippen MR) is 76.3 cm³/mol. The van der Waals surface area contributed by atoms with E-state index in [1.165, 1.54) is 0 Å². The van der Waals surface area contributed by atoms with Crippen LogP contribution in [0, 0.1) is 15.3 Å². The molecule has 0 saturated heterocycles. The Morgan fingerprint density at radius 1 is 1.32 bits per heavy atom. The molecule has 0 saturated carbocycles. The van der Waals surface area contributed by atoms with E-state index in [9.17, 15) is 13.6 Å². The Morgan fingerprint density at radius 2 is 2.05 bits per heavy atom. The molecule has 1 N–H and O–H groups in total. The fourth-order valence-electron chi connectivity index (χ4n) is 1.37. The molecule has 19 heavy (non-hydrogen) atoms. The monoisotopic (exact) mass is 394 g/mol. The summed E-state index contributed by atoms with van der Waals surface area (Å²) < 4.78 is 27.0. The number of nitrogens with one attached hydrogen (secondary N) is 1. The molecule has 7 heteroatoms. The molecule has 0 unspecified atom stereocenters. The van der Waals surface area contributed by atoms with Gasteiger partial charge in [-0.25, -0.2) is 9.37 Å². The first-order valence-corrected chi connectivity index (χ1v) is 6.51. The van der Waals surface area contributed by atoms with Crippen LogP contribution >= 0.6 is 34.2 Å². The average Bonchev–Trinajstić information content (AvgIpc) is 2.36. The van der Waals surface area contributed by atoms with Crippen LogP contribution in [0.3, 0.4) is 0 Å². The lowest BCUT2D eigenvalue weighted by molar-refractivity contribution is 0.102. The summed E-state index contributed by atoms with van der Waals surface area (Å²) >= 11 is 7.76. The Morgan fingerprint density at radius 3 is 2.74 bits per heavy atom. The highest BCUT2D eigenvalue weighted by Crippen LogP contribution is 2.23. The Bertz CT molecular complexity index is 652. The second kappa shape index (κ2) is 5.79. The van der Waals surface area contributed by atoms with Gasteiger partial charge in [0.2, 0.25) is 5.95 Å². The second-order valence-electron chi connectivity index (χ2n) is 3.54. The lowest BCUT2D eigenvalue weighted by Gasteiger charge is -2.08. The first-order chi connectivity index (χ1) is 8.99. The molecule has 1 aromatic heterocycles. The molecule has 0 aliphatic heterocycles. The van der Waals surface area contributed by atoms with Gasteiger partial charge in [0, 0.05) is 14.8 Å². The number of hydrogen-bond donors (Lipinski definition) is 1. The maximum atomic E-state index is 13.4. The molecule has 0 spiro atoms. The smallest absolute Gasteiger partial charge is 0.258 e. The summed E-state index contributed by atoms with van der Waals surface area (Å²) in [7, 11) is 0. The molecule has 2 aromatic rings. The molecule has 0 aliphatic rings. The molecule has 1 heterocycles. The standard InChI is InChI=1S/C12H6ClF2IN2O/c13-6-1-2-9(8(16)5-6)18-12(19)7-3-4-17-11(15)10(7)14/h1-5H,(H,18,19). The molecular formula is C12H6ClF2IN2O. The third kappa shape index (κ3) is 3.19. The van der Waals surface area contributed by atoms with Gasteiger partial charge in [-0.15, -0.1) is 0 Å². The lowest BCUT2D eigenvalue weighted by atomic mass is 10.2. The van der Waals surface area contributed by atoms with Crippen molar-refractivity contribution in [3.8, 4) is 0 Å². The molecule has 1 amide bonds. The van der Waals surface area contributed by atoms with E-state index in [0.717, 1.165) is 12.3 Å². The van der Waals surface area contributed by atoms with Gasteiger partial charge in [-0.05, 0) is 46.9 Å². The van der Waals surface area contributed by atoms with Gasteiger partial charge in [-0.2, -0.15) is 4.39 Å². The van der Waals surface area contributed by atoms with E-state index in [-0.39, 0.29) is 0 Å². The van der Waals surface area contributed by atoms with Crippen LogP contribution in [0.4, 0.5) is 14.5 Å². The summed E-state index contributed by atoms with van der Waals surface area (Å²) in [5.41, 5.74) is 0.0601. The van der Waals surface area contributed by atoms with Gasteiger partial charge < -0.3 is 5.32 Å². The highest BCUT2D eigenvalue weighted by Gasteiger charge is 2.16. The zero-order chi connectivity index (χ0) is 14.0. The van der Waals surface area contributed by atoms with Crippen LogP contribution in [0.2, 0.25) is 5.02 Å². The SMILES string of the molecule is O=C(Nc1ccc(Cl)cc1I)c1ccnc(F)c1F. The van der Waals surface area contributed by atoms with E-state index in [1.54, 1.807) is 18.2 Å². The van der Waals surface area contributed by atoms with Crippen molar-refractivity contribution >= 4 is 45.8 Å². The molecule has 3 nitrogen and oxygen atoms in total. The normalized spacial score (nSPS) is 10.3. The Labute approximate surface area is 126 Å². The number of halogens is 4. The van der Waals surface area contributed by atoms with E-state index in [4.69, 9.17) is 11.6 Å². The van der Waals surface area contributed by atoms with E-state index in [1.807, 2.05) is 22.6 Å². The van der Waals surface area contributed by atoms with Gasteiger partial charge in [0.1, 0.15) is 0 Å². The number of aromatic nitrogens is 1. The topological polar surface area (TPSA) is 42.0 Å². The largest absolute Gasteiger partial charge is 0.321 e. The highest BCUT2D eigenvalue weighted by molar-refractivity contribution is 14.1. The summed E-state index contributed by atoms with van der Waals surface area (Å²) in [5, 5.41) is 3.00. The van der Waals surface area contributed by atoms with Crippen molar-refractivity contribution in [1.82, 2.24) is 4.98 Å². The Balaban J connectivity index is 2.28. The molecular weight excluding hydrogens is 388 g/mol. The summed E-state index contributed by atoms with van der Waals surface area (Å²) in [5.74, 6) is -3.33. The van der Waals surface area contributed by atoms with Crippen LogP contribution < -0.4 is 5.32 Å². The number of carbonyl (C=O) groups excluding carboxylic acids is 1. The van der Waals surface area contributed by atoms with Crippen molar-refractivity contribution in [3.05, 3.63) is 56.4 Å². The maximum absolute atomic E-state index is 13.4. The minimum absolute atomic E-state index is 0.404. The third-order valence-electron chi connectivity index (χ3n) is 2.27. The van der Waals surface area contributed by atoms with Crippen molar-refractivity contribution in [1.29, 1.82) is 0 Å². The number of rotatable bonds is 2. The Kier molecular flexibility index (Phi) is 4.31. The van der Waals surface area contributed by atoms with Gasteiger partial charge in [0.15, 0.2) is 5.82 Å². The number of amides is 1. The van der Waals surface area contributed by atoms with Gasteiger partial charge >= 0.3 is 0 Å². The second-order valence-corrected chi connectivity index (χ2v) is 5.14. The summed E-state index contributed by atoms with van der Waals surface area (Å²) in [4.78, 5) is 15.0. The first kappa shape index (κ1) is 14.1. The van der Waals surface area contributed by atoms with Gasteiger partial charge in [0.25, 0.3) is 5.91 Å². The van der Waals surface area contributed by atoms with Crippen LogP contribution in [0.1, 0.15) is 10.4 Å². The van der Waals surface area contributed by atoms with Gasteiger partial charge in [0.05, 0.1) is 11.3 Å². The highest BCUT2D eigenvalue weighted by atomic mass is 127. The number of hydrogen-bond acceptors (Lipinski definition) is 2. The fourth-order valence-corrected chi connectivity index (χ4v) is 2.38. The van der Waals surface area contributed by atoms with Crippen molar-refractivity contribution in [2.75, 3.05) is 5.32 Å². The van der Waals surface area contributed by atoms with Gasteiger partial charge in [-0.1, -0.05) is 11.6 Å². The fraction of sp³-hybridized carbons (Fsp3) is 0. The summed E-state index contributed by atoms with van der Waals surface area (Å²) in [6.07, 6.45) is 1.03. The van der Waals surface area contributed by atoms with Crippen LogP contribution in [0.5, 0.6) is 0 Å². The molecule has 0 radical (unpaired) electrons. The number of carbonyl (C=O) groups is 1. The van der Waals surface area contributed by atoms with Crippen molar-refractivity contribution in [2.24, 2.45) is 0 Å². The van der Waals surface area contributed by atoms with Crippen molar-refractivity contribution in [3.63, 3.8) is 0 Å². The summed E-state index contributed by atoms with van der Waals surface area (Å²) in [6, 6.07) is 5.91. The number of pyridine rings is 1. The number of anilines is 1. The Hall–Kier alpha value is -1.28. The molecule has 0 fully saturated rings. The molecule has 98 valence electrons. The van der Waals surface area contributed by atoms with Crippen LogP contribution in [0.25, 0.3) is 0 Å². The molecule has 1 aromatic carbocycles. The summed E-state index contributed by atoms with van der Waals surface area (Å²) in [6.45, 7) is 0. The van der Waals surface area contributed by atoms with Crippen LogP contribution in [-0.4, -0.2) is 10.9 Å². The van der Waals surface area contributed by atoms with E-state index in [2.05, 4.69) is 10.3 Å². The van der Waals surface area contributed by atoms with E-state index < -0.39 is 23.2 Å². The van der Waals surface area contributed by atoms with Crippen molar-refractivity contribution < 1.29 is 13.6 Å². The van der Waals surface area contributed by atoms with Crippen LogP contribution in [-0.2, 0) is 0 Å². The third-order valence-corrected chi connectivity index (χ3v) is 3.40. The maximum Gasteiger partial charge on any atom is 0.258 e. The van der Waals surface area contributed by atoms with E-state index >= 15 is 0 Å². The molecule has 0 atom stereocenters. The quantitative estimate of drug-likeness (QED) is 0.621. The number of nitrogens with zero attached hydrogens (tertiary/aromatic N) is 1. The first-order valence-electron chi connectivity index (χ1n) is 5.05. The number of benzene rings is 1. The molecule has 0 bridgehead atoms. The van der Waals surface area contributed by atoms with E-state index in [0.29, 0.717) is 14.3 Å².